The van der Waals surface area contributed by atoms with Crippen molar-refractivity contribution in [1.82, 2.24) is 15.5 Å². The van der Waals surface area contributed by atoms with Crippen molar-refractivity contribution in [1.29, 1.82) is 0 Å². The van der Waals surface area contributed by atoms with E-state index in [4.69, 9.17) is 0 Å². The number of carbonyl (C=O) groups is 1. The van der Waals surface area contributed by atoms with Crippen molar-refractivity contribution in [2.75, 3.05) is 11.9 Å². The largest absolute Gasteiger partial charge is 0.366 e. The van der Waals surface area contributed by atoms with Crippen LogP contribution in [0.25, 0.3) is 0 Å². The van der Waals surface area contributed by atoms with E-state index in [-0.39, 0.29) is 5.91 Å². The van der Waals surface area contributed by atoms with Gasteiger partial charge in [0, 0.05) is 12.6 Å². The molecule has 1 aromatic rings. The summed E-state index contributed by atoms with van der Waals surface area (Å²) in [6.45, 7) is 2.85. The lowest BCUT2D eigenvalue weighted by molar-refractivity contribution is 0.0947. The summed E-state index contributed by atoms with van der Waals surface area (Å²) >= 11 is 0. The Kier molecular flexibility index (Phi) is 6.44. The van der Waals surface area contributed by atoms with Gasteiger partial charge in [0.1, 0.15) is 5.82 Å². The molecule has 116 valence electrons. The normalized spacial score (nSPS) is 15.7. The molecule has 0 bridgehead atoms. The summed E-state index contributed by atoms with van der Waals surface area (Å²) in [5.74, 6) is 0.632. The molecule has 2 rings (SSSR count). The monoisotopic (exact) mass is 290 g/mol. The van der Waals surface area contributed by atoms with Crippen molar-refractivity contribution < 1.29 is 4.79 Å². The summed E-state index contributed by atoms with van der Waals surface area (Å²) in [7, 11) is 0. The van der Waals surface area contributed by atoms with Crippen LogP contribution in [0.2, 0.25) is 0 Å². The third kappa shape index (κ3) is 5.33. The zero-order chi connectivity index (χ0) is 14.9. The van der Waals surface area contributed by atoms with Crippen molar-refractivity contribution in [3.05, 3.63) is 17.8 Å². The average molecular weight is 290 g/mol. The number of hydrogen-bond acceptors (Lipinski definition) is 4. The van der Waals surface area contributed by atoms with E-state index >= 15 is 0 Å². The molecule has 0 unspecified atom stereocenters. The Hall–Kier alpha value is -1.65. The summed E-state index contributed by atoms with van der Waals surface area (Å²) in [6.07, 6.45) is 9.58. The molecule has 0 aliphatic heterocycles. The fraction of sp³-hybridized carbons (Fsp3) is 0.688. The van der Waals surface area contributed by atoms with Crippen molar-refractivity contribution in [3.63, 3.8) is 0 Å². The Morgan fingerprint density at radius 1 is 1.19 bits per heavy atom. The minimum absolute atomic E-state index is 0.136. The number of amides is 1. The fourth-order valence-corrected chi connectivity index (χ4v) is 2.65. The van der Waals surface area contributed by atoms with Gasteiger partial charge in [0.05, 0.1) is 0 Å². The lowest BCUT2D eigenvalue weighted by Gasteiger charge is -2.22. The highest BCUT2D eigenvalue weighted by Crippen LogP contribution is 2.20. The van der Waals surface area contributed by atoms with Gasteiger partial charge in [0.15, 0.2) is 5.69 Å². The average Bonchev–Trinajstić information content (AvgIpc) is 2.53. The van der Waals surface area contributed by atoms with Crippen LogP contribution in [0.5, 0.6) is 0 Å². The highest BCUT2D eigenvalue weighted by atomic mass is 16.1. The van der Waals surface area contributed by atoms with Crippen molar-refractivity contribution in [2.24, 2.45) is 0 Å². The summed E-state index contributed by atoms with van der Waals surface area (Å²) in [5, 5.41) is 14.4. The SMILES string of the molecule is CCCCCNC(=O)c1ccc(NC2CCCCC2)nn1. The second kappa shape index (κ2) is 8.60. The number of hydrogen-bond donors (Lipinski definition) is 2. The highest BCUT2D eigenvalue weighted by molar-refractivity contribution is 5.92. The molecule has 1 aliphatic rings. The number of aromatic nitrogens is 2. The summed E-state index contributed by atoms with van der Waals surface area (Å²) in [5.41, 5.74) is 0.390. The van der Waals surface area contributed by atoms with E-state index in [2.05, 4.69) is 27.8 Å². The molecule has 1 heterocycles. The summed E-state index contributed by atoms with van der Waals surface area (Å²) < 4.78 is 0. The Morgan fingerprint density at radius 3 is 2.67 bits per heavy atom. The quantitative estimate of drug-likeness (QED) is 0.757. The second-order valence-corrected chi connectivity index (χ2v) is 5.75. The van der Waals surface area contributed by atoms with Crippen LogP contribution >= 0.6 is 0 Å². The first kappa shape index (κ1) is 15.7. The zero-order valence-electron chi connectivity index (χ0n) is 12.9. The molecule has 5 nitrogen and oxygen atoms in total. The number of rotatable bonds is 7. The standard InChI is InChI=1S/C16H26N4O/c1-2-3-7-12-17-16(21)14-10-11-15(20-19-14)18-13-8-5-4-6-9-13/h10-11,13H,2-9,12H2,1H3,(H,17,21)(H,18,20). The smallest absolute Gasteiger partial charge is 0.271 e. The maximum atomic E-state index is 11.9. The lowest BCUT2D eigenvalue weighted by Crippen LogP contribution is -2.26. The fourth-order valence-electron chi connectivity index (χ4n) is 2.65. The molecule has 1 aromatic heterocycles. The molecule has 0 spiro atoms. The molecule has 21 heavy (non-hydrogen) atoms. The molecule has 0 aromatic carbocycles. The maximum absolute atomic E-state index is 11.9. The Bertz CT molecular complexity index is 426. The predicted molar refractivity (Wildman–Crippen MR) is 84.4 cm³/mol. The van der Waals surface area contributed by atoms with E-state index in [9.17, 15) is 4.79 Å². The number of carbonyl (C=O) groups excluding carboxylic acids is 1. The van der Waals surface area contributed by atoms with Crippen LogP contribution < -0.4 is 10.6 Å². The van der Waals surface area contributed by atoms with Gasteiger partial charge in [-0.05, 0) is 31.4 Å². The van der Waals surface area contributed by atoms with Gasteiger partial charge in [0.2, 0.25) is 0 Å². The molecule has 1 aliphatic carbocycles. The molecule has 0 radical (unpaired) electrons. The van der Waals surface area contributed by atoms with Crippen LogP contribution in [0, 0.1) is 0 Å². The maximum Gasteiger partial charge on any atom is 0.271 e. The van der Waals surface area contributed by atoms with Gasteiger partial charge in [-0.3, -0.25) is 4.79 Å². The van der Waals surface area contributed by atoms with Gasteiger partial charge in [-0.1, -0.05) is 39.0 Å². The zero-order valence-corrected chi connectivity index (χ0v) is 12.9. The van der Waals surface area contributed by atoms with Crippen LogP contribution in [0.15, 0.2) is 12.1 Å². The minimum Gasteiger partial charge on any atom is -0.366 e. The molecule has 1 fully saturated rings. The van der Waals surface area contributed by atoms with Crippen LogP contribution in [-0.4, -0.2) is 28.7 Å². The molecule has 1 amide bonds. The van der Waals surface area contributed by atoms with Gasteiger partial charge in [-0.15, -0.1) is 10.2 Å². The molecule has 2 N–H and O–H groups in total. The molecule has 0 saturated heterocycles. The van der Waals surface area contributed by atoms with E-state index in [1.807, 2.05) is 6.07 Å². The van der Waals surface area contributed by atoms with E-state index in [1.54, 1.807) is 6.07 Å². The number of unbranched alkanes of at least 4 members (excludes halogenated alkanes) is 2. The van der Waals surface area contributed by atoms with E-state index in [1.165, 1.54) is 32.1 Å². The first-order valence-electron chi connectivity index (χ1n) is 8.18. The first-order chi connectivity index (χ1) is 10.3. The van der Waals surface area contributed by atoms with Gasteiger partial charge in [-0.2, -0.15) is 0 Å². The summed E-state index contributed by atoms with van der Waals surface area (Å²) in [4.78, 5) is 11.9. The van der Waals surface area contributed by atoms with Crippen LogP contribution in [0.4, 0.5) is 5.82 Å². The third-order valence-corrected chi connectivity index (χ3v) is 3.92. The second-order valence-electron chi connectivity index (χ2n) is 5.75. The molecule has 0 atom stereocenters. The van der Waals surface area contributed by atoms with Gasteiger partial charge >= 0.3 is 0 Å². The van der Waals surface area contributed by atoms with Gasteiger partial charge in [0.25, 0.3) is 5.91 Å². The van der Waals surface area contributed by atoms with E-state index < -0.39 is 0 Å². The number of nitrogens with zero attached hydrogens (tertiary/aromatic N) is 2. The van der Waals surface area contributed by atoms with Gasteiger partial charge in [-0.25, -0.2) is 0 Å². The predicted octanol–water partition coefficient (Wildman–Crippen LogP) is 3.14. The third-order valence-electron chi connectivity index (χ3n) is 3.92. The van der Waals surface area contributed by atoms with Crippen LogP contribution in [0.1, 0.15) is 68.8 Å². The number of anilines is 1. The lowest BCUT2D eigenvalue weighted by atomic mass is 9.95. The Morgan fingerprint density at radius 2 is 2.00 bits per heavy atom. The van der Waals surface area contributed by atoms with E-state index in [0.29, 0.717) is 18.3 Å². The first-order valence-corrected chi connectivity index (χ1v) is 8.18. The number of nitrogens with one attached hydrogen (secondary N) is 2. The van der Waals surface area contributed by atoms with Gasteiger partial charge < -0.3 is 10.6 Å². The molecule has 5 heteroatoms. The van der Waals surface area contributed by atoms with Crippen molar-refractivity contribution in [2.45, 2.75) is 64.3 Å². The molecule has 1 saturated carbocycles. The van der Waals surface area contributed by atoms with Crippen LogP contribution in [-0.2, 0) is 0 Å². The molecular formula is C16H26N4O. The molecular weight excluding hydrogens is 264 g/mol. The Balaban J connectivity index is 1.79. The Labute approximate surface area is 126 Å². The van der Waals surface area contributed by atoms with E-state index in [0.717, 1.165) is 25.1 Å². The minimum atomic E-state index is -0.136. The highest BCUT2D eigenvalue weighted by Gasteiger charge is 2.14. The van der Waals surface area contributed by atoms with Crippen molar-refractivity contribution >= 4 is 11.7 Å². The van der Waals surface area contributed by atoms with Crippen LogP contribution in [0.3, 0.4) is 0 Å². The summed E-state index contributed by atoms with van der Waals surface area (Å²) in [6, 6.07) is 4.09. The van der Waals surface area contributed by atoms with Crippen molar-refractivity contribution in [3.8, 4) is 0 Å². The topological polar surface area (TPSA) is 66.9 Å².